The van der Waals surface area contributed by atoms with Crippen LogP contribution >= 0.6 is 22.9 Å². The van der Waals surface area contributed by atoms with Gasteiger partial charge in [0.2, 0.25) is 0 Å². The number of thiazole rings is 1. The number of carbonyl (C=O) groups is 2. The van der Waals surface area contributed by atoms with E-state index in [4.69, 9.17) is 25.8 Å². The molecule has 0 N–H and O–H groups in total. The lowest BCUT2D eigenvalue weighted by molar-refractivity contribution is -0.139. The Morgan fingerprint density at radius 3 is 2.53 bits per heavy atom. The predicted molar refractivity (Wildman–Crippen MR) is 136 cm³/mol. The number of benzene rings is 2. The number of hydrogen-bond acceptors (Lipinski definition) is 8. The van der Waals surface area contributed by atoms with Crippen LogP contribution in [-0.4, -0.2) is 30.2 Å². The summed E-state index contributed by atoms with van der Waals surface area (Å²) in [5.74, 6) is -0.566. The van der Waals surface area contributed by atoms with Gasteiger partial charge in [0.1, 0.15) is 0 Å². The number of rotatable bonds is 6. The molecule has 0 fully saturated rings. The highest BCUT2D eigenvalue weighted by molar-refractivity contribution is 7.07. The first kappa shape index (κ1) is 25.4. The van der Waals surface area contributed by atoms with Crippen LogP contribution in [0.1, 0.15) is 37.9 Å². The summed E-state index contributed by atoms with van der Waals surface area (Å²) in [5, 5.41) is 0.592. The van der Waals surface area contributed by atoms with E-state index >= 15 is 0 Å². The van der Waals surface area contributed by atoms with Gasteiger partial charge in [-0.3, -0.25) is 14.2 Å². The Hall–Kier alpha value is -3.69. The van der Waals surface area contributed by atoms with E-state index in [1.54, 1.807) is 50.3 Å². The minimum absolute atomic E-state index is 0.165. The van der Waals surface area contributed by atoms with Crippen molar-refractivity contribution in [3.8, 4) is 11.5 Å². The molecule has 0 unspecified atom stereocenters. The predicted octanol–water partition coefficient (Wildman–Crippen LogP) is 3.39. The molecule has 186 valence electrons. The third kappa shape index (κ3) is 4.98. The second-order valence-corrected chi connectivity index (χ2v) is 9.30. The zero-order valence-electron chi connectivity index (χ0n) is 20.0. The Labute approximate surface area is 215 Å². The van der Waals surface area contributed by atoms with Crippen molar-refractivity contribution < 1.29 is 23.8 Å². The van der Waals surface area contributed by atoms with Crippen molar-refractivity contribution in [3.05, 3.63) is 89.6 Å². The fourth-order valence-corrected chi connectivity index (χ4v) is 5.08. The fourth-order valence-electron chi connectivity index (χ4n) is 3.91. The average Bonchev–Trinajstić information content (AvgIpc) is 3.14. The van der Waals surface area contributed by atoms with Crippen LogP contribution in [0.4, 0.5) is 0 Å². The minimum Gasteiger partial charge on any atom is -0.493 e. The molecule has 0 spiro atoms. The monoisotopic (exact) mass is 526 g/mol. The van der Waals surface area contributed by atoms with Crippen molar-refractivity contribution in [1.29, 1.82) is 0 Å². The molecule has 2 heterocycles. The van der Waals surface area contributed by atoms with E-state index < -0.39 is 18.0 Å². The van der Waals surface area contributed by atoms with E-state index in [2.05, 4.69) is 4.99 Å². The maximum absolute atomic E-state index is 13.6. The fraction of sp³-hybridized carbons (Fsp3) is 0.231. The van der Waals surface area contributed by atoms with Gasteiger partial charge in [0.15, 0.2) is 16.3 Å². The molecule has 10 heteroatoms. The van der Waals surface area contributed by atoms with E-state index in [-0.39, 0.29) is 29.2 Å². The number of allylic oxidation sites excluding steroid dienone is 1. The lowest BCUT2D eigenvalue weighted by atomic mass is 9.95. The third-order valence-electron chi connectivity index (χ3n) is 5.44. The Bertz CT molecular complexity index is 1550. The topological polar surface area (TPSA) is 96.2 Å². The summed E-state index contributed by atoms with van der Waals surface area (Å²) in [6.07, 6.45) is 1.75. The maximum atomic E-state index is 13.6. The second kappa shape index (κ2) is 10.5. The van der Waals surface area contributed by atoms with Gasteiger partial charge in [0.25, 0.3) is 5.56 Å². The van der Waals surface area contributed by atoms with Gasteiger partial charge in [0.05, 0.1) is 35.6 Å². The van der Waals surface area contributed by atoms with E-state index in [0.717, 1.165) is 5.56 Å². The number of hydrogen-bond donors (Lipinski definition) is 0. The minimum atomic E-state index is -0.826. The van der Waals surface area contributed by atoms with Crippen LogP contribution in [0.2, 0.25) is 5.02 Å². The second-order valence-electron chi connectivity index (χ2n) is 7.86. The molecule has 36 heavy (non-hydrogen) atoms. The van der Waals surface area contributed by atoms with Crippen molar-refractivity contribution in [2.24, 2.45) is 4.99 Å². The van der Waals surface area contributed by atoms with Crippen molar-refractivity contribution in [2.45, 2.75) is 26.8 Å². The molecule has 0 saturated heterocycles. The van der Waals surface area contributed by atoms with Crippen molar-refractivity contribution in [1.82, 2.24) is 4.57 Å². The van der Waals surface area contributed by atoms with Crippen LogP contribution in [0.25, 0.3) is 6.08 Å². The third-order valence-corrected chi connectivity index (χ3v) is 6.68. The Morgan fingerprint density at radius 1 is 1.17 bits per heavy atom. The van der Waals surface area contributed by atoms with E-state index in [1.807, 2.05) is 12.1 Å². The highest BCUT2D eigenvalue weighted by Crippen LogP contribution is 2.36. The molecular formula is C26H23ClN2O6S. The van der Waals surface area contributed by atoms with E-state index in [0.29, 0.717) is 25.6 Å². The quantitative estimate of drug-likeness (QED) is 0.361. The molecule has 0 radical (unpaired) electrons. The summed E-state index contributed by atoms with van der Waals surface area (Å²) in [6, 6.07) is 11.2. The number of halogens is 1. The number of esters is 2. The molecule has 0 bridgehead atoms. The molecule has 1 atom stereocenters. The van der Waals surface area contributed by atoms with Crippen LogP contribution in [0.5, 0.6) is 11.5 Å². The molecule has 2 aromatic carbocycles. The van der Waals surface area contributed by atoms with Gasteiger partial charge in [-0.15, -0.1) is 0 Å². The zero-order chi connectivity index (χ0) is 26.0. The molecule has 1 aliphatic heterocycles. The first-order valence-corrected chi connectivity index (χ1v) is 12.2. The Balaban J connectivity index is 1.94. The zero-order valence-corrected chi connectivity index (χ0v) is 21.6. The molecule has 1 aliphatic rings. The van der Waals surface area contributed by atoms with Gasteiger partial charge in [-0.1, -0.05) is 41.1 Å². The van der Waals surface area contributed by atoms with E-state index in [9.17, 15) is 14.4 Å². The molecule has 3 aromatic rings. The Morgan fingerprint density at radius 2 is 1.89 bits per heavy atom. The number of nitrogens with zero attached hydrogens (tertiary/aromatic N) is 2. The first-order valence-electron chi connectivity index (χ1n) is 11.0. The number of methoxy groups -OCH3 is 1. The summed E-state index contributed by atoms with van der Waals surface area (Å²) < 4.78 is 17.9. The number of fused-ring (bicyclic) bond motifs is 1. The van der Waals surface area contributed by atoms with Gasteiger partial charge in [-0.2, -0.15) is 0 Å². The van der Waals surface area contributed by atoms with Gasteiger partial charge in [-0.05, 0) is 55.3 Å². The summed E-state index contributed by atoms with van der Waals surface area (Å²) >= 11 is 7.21. The SMILES string of the molecule is CCOC(=O)C1=C(C)N=c2sc(=Cc3ccc(Cl)cc3)c(=O)n2[C@@H]1c1ccc(OC(C)=O)c(OC)c1. The lowest BCUT2D eigenvalue weighted by Gasteiger charge is -2.25. The van der Waals surface area contributed by atoms with Crippen molar-refractivity contribution in [3.63, 3.8) is 0 Å². The largest absolute Gasteiger partial charge is 0.493 e. The standard InChI is InChI=1S/C26H23ClN2O6S/c1-5-34-25(32)22-14(2)28-26-29(24(31)21(36-26)12-16-6-9-18(27)10-7-16)23(22)17-8-11-19(35-15(3)30)20(13-17)33-4/h6-13,23H,5H2,1-4H3/t23-/m1/s1. The van der Waals surface area contributed by atoms with E-state index in [1.165, 1.54) is 29.9 Å². The smallest absolute Gasteiger partial charge is 0.338 e. The summed E-state index contributed by atoms with van der Waals surface area (Å²) in [6.45, 7) is 4.87. The van der Waals surface area contributed by atoms with Gasteiger partial charge in [0, 0.05) is 11.9 Å². The normalized spacial score (nSPS) is 15.2. The summed E-state index contributed by atoms with van der Waals surface area (Å²) in [7, 11) is 1.44. The highest BCUT2D eigenvalue weighted by Gasteiger charge is 2.34. The average molecular weight is 527 g/mol. The molecule has 0 aliphatic carbocycles. The molecule has 0 saturated carbocycles. The van der Waals surface area contributed by atoms with Crippen molar-refractivity contribution in [2.75, 3.05) is 13.7 Å². The van der Waals surface area contributed by atoms with Gasteiger partial charge >= 0.3 is 11.9 Å². The van der Waals surface area contributed by atoms with Crippen LogP contribution in [0.15, 0.2) is 63.5 Å². The molecular weight excluding hydrogens is 504 g/mol. The number of carbonyl (C=O) groups excluding carboxylic acids is 2. The summed E-state index contributed by atoms with van der Waals surface area (Å²) in [5.41, 5.74) is 1.75. The summed E-state index contributed by atoms with van der Waals surface area (Å²) in [4.78, 5) is 43.2. The number of aromatic nitrogens is 1. The highest BCUT2D eigenvalue weighted by atomic mass is 35.5. The molecule has 0 amide bonds. The van der Waals surface area contributed by atoms with Crippen LogP contribution in [0, 0.1) is 0 Å². The van der Waals surface area contributed by atoms with Crippen molar-refractivity contribution >= 4 is 41.0 Å². The Kier molecular flexibility index (Phi) is 7.42. The molecule has 4 rings (SSSR count). The lowest BCUT2D eigenvalue weighted by Crippen LogP contribution is -2.40. The van der Waals surface area contributed by atoms with Gasteiger partial charge in [-0.25, -0.2) is 9.79 Å². The molecule has 8 nitrogen and oxygen atoms in total. The maximum Gasteiger partial charge on any atom is 0.338 e. The molecule has 1 aromatic heterocycles. The first-order chi connectivity index (χ1) is 17.2. The van der Waals surface area contributed by atoms with Gasteiger partial charge < -0.3 is 14.2 Å². The van der Waals surface area contributed by atoms with Crippen LogP contribution in [0.3, 0.4) is 0 Å². The number of ether oxygens (including phenoxy) is 3. The van der Waals surface area contributed by atoms with Crippen LogP contribution < -0.4 is 24.4 Å². The van der Waals surface area contributed by atoms with Crippen LogP contribution in [-0.2, 0) is 14.3 Å².